The number of likely N-dealkylation sites (N-methyl/N-ethyl adjacent to an activating group) is 1. The molecule has 0 spiro atoms. The summed E-state index contributed by atoms with van der Waals surface area (Å²) in [5, 5.41) is 9.38. The highest BCUT2D eigenvalue weighted by Crippen LogP contribution is 2.21. The molecule has 2 rings (SSSR count). The molecule has 0 bridgehead atoms. The van der Waals surface area contributed by atoms with Crippen molar-refractivity contribution in [1.82, 2.24) is 20.9 Å². The van der Waals surface area contributed by atoms with Crippen molar-refractivity contribution in [2.75, 3.05) is 40.8 Å². The van der Waals surface area contributed by atoms with Crippen LogP contribution in [-0.2, 0) is 6.42 Å². The van der Waals surface area contributed by atoms with E-state index in [0.29, 0.717) is 5.56 Å². The lowest BCUT2D eigenvalue weighted by Crippen LogP contribution is -2.43. The maximum Gasteiger partial charge on any atom is 0.251 e. The first kappa shape index (κ1) is 23.7. The summed E-state index contributed by atoms with van der Waals surface area (Å²) >= 11 is 0. The molecular weight excluding hydrogens is 453 g/mol. The Morgan fingerprint density at radius 1 is 1.22 bits per heavy atom. The number of halogens is 1. The lowest BCUT2D eigenvalue weighted by Gasteiger charge is -2.24. The summed E-state index contributed by atoms with van der Waals surface area (Å²) in [5.74, 6) is 0.774. The monoisotopic (exact) mass is 487 g/mol. The first-order chi connectivity index (χ1) is 12.6. The van der Waals surface area contributed by atoms with E-state index in [9.17, 15) is 4.79 Å². The van der Waals surface area contributed by atoms with Crippen molar-refractivity contribution in [3.8, 4) is 0 Å². The second kappa shape index (κ2) is 12.9. The summed E-state index contributed by atoms with van der Waals surface area (Å²) in [6, 6.07) is 8.48. The maximum atomic E-state index is 11.7. The van der Waals surface area contributed by atoms with E-state index in [1.807, 2.05) is 24.3 Å². The molecule has 27 heavy (non-hydrogen) atoms. The Labute approximate surface area is 180 Å². The minimum Gasteiger partial charge on any atom is -0.356 e. The number of hydrogen-bond acceptors (Lipinski definition) is 3. The molecule has 1 aromatic carbocycles. The number of benzene rings is 1. The van der Waals surface area contributed by atoms with Gasteiger partial charge >= 0.3 is 0 Å². The fraction of sp³-hybridized carbons (Fsp3) is 0.600. The van der Waals surface area contributed by atoms with Crippen molar-refractivity contribution in [3.05, 3.63) is 35.4 Å². The van der Waals surface area contributed by atoms with Crippen molar-refractivity contribution < 1.29 is 4.79 Å². The fourth-order valence-electron chi connectivity index (χ4n) is 3.44. The molecule has 1 aliphatic carbocycles. The van der Waals surface area contributed by atoms with E-state index in [1.165, 1.54) is 25.7 Å². The smallest absolute Gasteiger partial charge is 0.251 e. The van der Waals surface area contributed by atoms with Crippen LogP contribution >= 0.6 is 24.0 Å². The number of nitrogens with zero attached hydrogens (tertiary/aromatic N) is 2. The molecule has 0 heterocycles. The Balaban J connectivity index is 0.00000364. The van der Waals surface area contributed by atoms with E-state index < -0.39 is 0 Å². The van der Waals surface area contributed by atoms with Crippen molar-refractivity contribution in [2.24, 2.45) is 4.99 Å². The summed E-state index contributed by atoms with van der Waals surface area (Å²) in [4.78, 5) is 18.4. The Hall–Kier alpha value is -1.35. The van der Waals surface area contributed by atoms with Gasteiger partial charge in [-0.25, -0.2) is 0 Å². The number of amides is 1. The molecule has 152 valence electrons. The van der Waals surface area contributed by atoms with Crippen LogP contribution in [0, 0.1) is 0 Å². The Bertz CT molecular complexity index is 602. The van der Waals surface area contributed by atoms with Crippen LogP contribution in [0.3, 0.4) is 0 Å². The minimum atomic E-state index is -0.0522. The number of hydrogen-bond donors (Lipinski definition) is 3. The van der Waals surface area contributed by atoms with Crippen LogP contribution in [0.2, 0.25) is 0 Å². The third-order valence-corrected chi connectivity index (χ3v) is 5.05. The van der Waals surface area contributed by atoms with Crippen molar-refractivity contribution in [3.63, 3.8) is 0 Å². The quantitative estimate of drug-likeness (QED) is 0.299. The topological polar surface area (TPSA) is 68.8 Å². The second-order valence-corrected chi connectivity index (χ2v) is 6.87. The predicted octanol–water partition coefficient (Wildman–Crippen LogP) is 2.25. The molecule has 1 aliphatic rings. The van der Waals surface area contributed by atoms with Gasteiger partial charge in [0.05, 0.1) is 0 Å². The van der Waals surface area contributed by atoms with Gasteiger partial charge in [-0.05, 0) is 44.0 Å². The van der Waals surface area contributed by atoms with Gasteiger partial charge in [-0.2, -0.15) is 0 Å². The zero-order chi connectivity index (χ0) is 18.8. The largest absolute Gasteiger partial charge is 0.356 e. The standard InChI is InChI=1S/C20H33N5O.HI/c1-21-19(26)17-8-6-7-16(15-17)11-12-23-20(22-2)24-13-14-25(3)18-9-4-5-10-18;/h6-8,15,18H,4-5,9-14H2,1-3H3,(H,21,26)(H2,22,23,24);1H. The molecule has 1 aromatic rings. The number of nitrogens with one attached hydrogen (secondary N) is 3. The van der Waals surface area contributed by atoms with Crippen LogP contribution in [0.4, 0.5) is 0 Å². The number of carbonyl (C=O) groups is 1. The molecule has 3 N–H and O–H groups in total. The molecule has 0 atom stereocenters. The van der Waals surface area contributed by atoms with Gasteiger partial charge in [0.25, 0.3) is 5.91 Å². The lowest BCUT2D eigenvalue weighted by atomic mass is 10.1. The van der Waals surface area contributed by atoms with E-state index >= 15 is 0 Å². The van der Waals surface area contributed by atoms with Crippen LogP contribution in [0.25, 0.3) is 0 Å². The predicted molar refractivity (Wildman–Crippen MR) is 123 cm³/mol. The summed E-state index contributed by atoms with van der Waals surface area (Å²) in [6.45, 7) is 2.69. The third kappa shape index (κ3) is 8.04. The number of rotatable bonds is 8. The second-order valence-electron chi connectivity index (χ2n) is 6.87. The van der Waals surface area contributed by atoms with Crippen LogP contribution in [0.15, 0.2) is 29.3 Å². The lowest BCUT2D eigenvalue weighted by molar-refractivity contribution is 0.0963. The average Bonchev–Trinajstić information content (AvgIpc) is 3.21. The van der Waals surface area contributed by atoms with Gasteiger partial charge in [-0.15, -0.1) is 24.0 Å². The molecule has 0 aliphatic heterocycles. The molecule has 1 fully saturated rings. The first-order valence-corrected chi connectivity index (χ1v) is 9.60. The normalized spacial score (nSPS) is 14.7. The Morgan fingerprint density at radius 3 is 2.59 bits per heavy atom. The zero-order valence-electron chi connectivity index (χ0n) is 16.8. The van der Waals surface area contributed by atoms with Crippen molar-refractivity contribution in [1.29, 1.82) is 0 Å². The summed E-state index contributed by atoms with van der Waals surface area (Å²) < 4.78 is 0. The van der Waals surface area contributed by atoms with Crippen LogP contribution in [-0.4, -0.2) is 63.6 Å². The molecule has 1 saturated carbocycles. The fourth-order valence-corrected chi connectivity index (χ4v) is 3.44. The van der Waals surface area contributed by atoms with Gasteiger partial charge in [-0.3, -0.25) is 9.79 Å². The van der Waals surface area contributed by atoms with E-state index in [-0.39, 0.29) is 29.9 Å². The first-order valence-electron chi connectivity index (χ1n) is 9.60. The van der Waals surface area contributed by atoms with Crippen LogP contribution in [0.1, 0.15) is 41.6 Å². The SMILES string of the molecule is CN=C(NCCc1cccc(C(=O)NC)c1)NCCN(C)C1CCCC1.I. The molecule has 0 unspecified atom stereocenters. The van der Waals surface area contributed by atoms with Gasteiger partial charge in [0.15, 0.2) is 5.96 Å². The number of aliphatic imine (C=N–C) groups is 1. The van der Waals surface area contributed by atoms with Gasteiger partial charge in [0, 0.05) is 45.3 Å². The van der Waals surface area contributed by atoms with Gasteiger partial charge in [0.1, 0.15) is 0 Å². The molecule has 0 aromatic heterocycles. The zero-order valence-corrected chi connectivity index (χ0v) is 19.1. The van der Waals surface area contributed by atoms with Crippen LogP contribution in [0.5, 0.6) is 0 Å². The average molecular weight is 487 g/mol. The highest BCUT2D eigenvalue weighted by molar-refractivity contribution is 14.0. The Morgan fingerprint density at radius 2 is 1.93 bits per heavy atom. The van der Waals surface area contributed by atoms with E-state index in [0.717, 1.165) is 43.6 Å². The number of carbonyl (C=O) groups excluding carboxylic acids is 1. The minimum absolute atomic E-state index is 0. The molecule has 1 amide bonds. The highest BCUT2D eigenvalue weighted by atomic mass is 127. The van der Waals surface area contributed by atoms with Crippen molar-refractivity contribution >= 4 is 35.8 Å². The molecular formula is C20H34IN5O. The molecule has 7 heteroatoms. The molecule has 6 nitrogen and oxygen atoms in total. The van der Waals surface area contributed by atoms with Gasteiger partial charge in [-0.1, -0.05) is 25.0 Å². The summed E-state index contributed by atoms with van der Waals surface area (Å²) in [6.07, 6.45) is 6.24. The molecule has 0 saturated heterocycles. The van der Waals surface area contributed by atoms with Gasteiger partial charge < -0.3 is 20.9 Å². The molecule has 0 radical (unpaired) electrons. The maximum absolute atomic E-state index is 11.7. The highest BCUT2D eigenvalue weighted by Gasteiger charge is 2.18. The van der Waals surface area contributed by atoms with Gasteiger partial charge in [0.2, 0.25) is 0 Å². The number of guanidine groups is 1. The van der Waals surface area contributed by atoms with E-state index in [2.05, 4.69) is 32.9 Å². The van der Waals surface area contributed by atoms with Crippen LogP contribution < -0.4 is 16.0 Å². The van der Waals surface area contributed by atoms with Crippen molar-refractivity contribution in [2.45, 2.75) is 38.1 Å². The summed E-state index contributed by atoms with van der Waals surface area (Å²) in [7, 11) is 5.66. The third-order valence-electron chi connectivity index (χ3n) is 5.05. The van der Waals surface area contributed by atoms with E-state index in [4.69, 9.17) is 0 Å². The summed E-state index contributed by atoms with van der Waals surface area (Å²) in [5.41, 5.74) is 1.83. The van der Waals surface area contributed by atoms with E-state index in [1.54, 1.807) is 14.1 Å². The Kier molecular flexibility index (Phi) is 11.3.